The zero-order valence-corrected chi connectivity index (χ0v) is 10.3. The number of halogens is 1. The third-order valence-electron chi connectivity index (χ3n) is 3.23. The first-order chi connectivity index (χ1) is 8.24. The van der Waals surface area contributed by atoms with Crippen LogP contribution in [-0.2, 0) is 6.42 Å². The number of nitrogens with one attached hydrogen (secondary N) is 1. The maximum Gasteiger partial charge on any atom is 0.168 e. The van der Waals surface area contributed by atoms with Crippen LogP contribution < -0.4 is 14.8 Å². The van der Waals surface area contributed by atoms with Crippen LogP contribution in [0.3, 0.4) is 0 Å². The summed E-state index contributed by atoms with van der Waals surface area (Å²) in [5.74, 6) is 1.11. The van der Waals surface area contributed by atoms with Crippen molar-refractivity contribution < 1.29 is 13.9 Å². The van der Waals surface area contributed by atoms with Crippen LogP contribution >= 0.6 is 0 Å². The van der Waals surface area contributed by atoms with Gasteiger partial charge in [0.25, 0.3) is 0 Å². The van der Waals surface area contributed by atoms with E-state index in [2.05, 4.69) is 5.32 Å². The molecule has 1 heterocycles. The average Bonchev–Trinajstić information content (AvgIpc) is 2.83. The molecule has 17 heavy (non-hydrogen) atoms. The van der Waals surface area contributed by atoms with Crippen molar-refractivity contribution in [2.75, 3.05) is 27.3 Å². The first-order valence-electron chi connectivity index (χ1n) is 5.85. The van der Waals surface area contributed by atoms with E-state index in [-0.39, 0.29) is 11.6 Å². The third-order valence-corrected chi connectivity index (χ3v) is 3.23. The van der Waals surface area contributed by atoms with Gasteiger partial charge in [0.2, 0.25) is 0 Å². The standard InChI is InChI=1S/C13H18FNO2/c1-16-12-7-11(14)13(17-2)6-10(12)5-9-3-4-15-8-9/h6-7,9,15H,3-5,8H2,1-2H3. The van der Waals surface area contributed by atoms with Crippen molar-refractivity contribution in [2.24, 2.45) is 5.92 Å². The topological polar surface area (TPSA) is 30.5 Å². The molecule has 4 heteroatoms. The van der Waals surface area contributed by atoms with Crippen molar-refractivity contribution in [2.45, 2.75) is 12.8 Å². The molecular formula is C13H18FNO2. The number of ether oxygens (including phenoxy) is 2. The zero-order chi connectivity index (χ0) is 12.3. The maximum atomic E-state index is 13.5. The molecule has 0 aromatic heterocycles. The van der Waals surface area contributed by atoms with Crippen LogP contribution in [0.5, 0.6) is 11.5 Å². The van der Waals surface area contributed by atoms with Crippen molar-refractivity contribution in [1.29, 1.82) is 0 Å². The van der Waals surface area contributed by atoms with Gasteiger partial charge in [-0.15, -0.1) is 0 Å². The molecule has 1 N–H and O–H groups in total. The van der Waals surface area contributed by atoms with Gasteiger partial charge in [0.1, 0.15) is 5.75 Å². The lowest BCUT2D eigenvalue weighted by Gasteiger charge is -2.14. The molecule has 1 aromatic carbocycles. The van der Waals surface area contributed by atoms with Crippen LogP contribution in [-0.4, -0.2) is 27.3 Å². The molecular weight excluding hydrogens is 221 g/mol. The summed E-state index contributed by atoms with van der Waals surface area (Å²) >= 11 is 0. The van der Waals surface area contributed by atoms with Gasteiger partial charge < -0.3 is 14.8 Å². The molecule has 0 spiro atoms. The van der Waals surface area contributed by atoms with Gasteiger partial charge in [-0.05, 0) is 43.5 Å². The molecule has 1 aliphatic heterocycles. The summed E-state index contributed by atoms with van der Waals surface area (Å²) in [7, 11) is 3.05. The fourth-order valence-corrected chi connectivity index (χ4v) is 2.28. The highest BCUT2D eigenvalue weighted by Crippen LogP contribution is 2.30. The van der Waals surface area contributed by atoms with Gasteiger partial charge in [0.15, 0.2) is 11.6 Å². The van der Waals surface area contributed by atoms with Gasteiger partial charge in [-0.3, -0.25) is 0 Å². The SMILES string of the molecule is COc1cc(CC2CCNC2)c(OC)cc1F. The molecule has 0 aliphatic carbocycles. The predicted molar refractivity (Wildman–Crippen MR) is 64.2 cm³/mol. The molecule has 0 radical (unpaired) electrons. The van der Waals surface area contributed by atoms with E-state index >= 15 is 0 Å². The van der Waals surface area contributed by atoms with E-state index in [1.54, 1.807) is 13.2 Å². The van der Waals surface area contributed by atoms with Crippen LogP contribution in [0.2, 0.25) is 0 Å². The van der Waals surface area contributed by atoms with Crippen molar-refractivity contribution in [3.05, 3.63) is 23.5 Å². The Morgan fingerprint density at radius 3 is 2.65 bits per heavy atom. The van der Waals surface area contributed by atoms with E-state index in [1.807, 2.05) is 0 Å². The largest absolute Gasteiger partial charge is 0.496 e. The summed E-state index contributed by atoms with van der Waals surface area (Å²) < 4.78 is 23.7. The Balaban J connectivity index is 2.23. The molecule has 1 saturated heterocycles. The minimum atomic E-state index is -0.377. The van der Waals surface area contributed by atoms with Gasteiger partial charge >= 0.3 is 0 Å². The molecule has 0 bridgehead atoms. The maximum absolute atomic E-state index is 13.5. The summed E-state index contributed by atoms with van der Waals surface area (Å²) in [6.45, 7) is 2.08. The molecule has 0 saturated carbocycles. The van der Waals surface area contributed by atoms with Crippen molar-refractivity contribution >= 4 is 0 Å². The number of hydrogen-bond donors (Lipinski definition) is 1. The monoisotopic (exact) mass is 239 g/mol. The van der Waals surface area contributed by atoms with E-state index in [0.717, 1.165) is 31.5 Å². The van der Waals surface area contributed by atoms with Crippen molar-refractivity contribution in [3.8, 4) is 11.5 Å². The lowest BCUT2D eigenvalue weighted by molar-refractivity contribution is 0.372. The Labute approximate surface area is 101 Å². The second kappa shape index (κ2) is 5.36. The molecule has 2 rings (SSSR count). The minimum absolute atomic E-state index is 0.284. The summed E-state index contributed by atoms with van der Waals surface area (Å²) in [5, 5.41) is 3.32. The van der Waals surface area contributed by atoms with E-state index in [1.165, 1.54) is 13.2 Å². The van der Waals surface area contributed by atoms with Crippen molar-refractivity contribution in [3.63, 3.8) is 0 Å². The van der Waals surface area contributed by atoms with Crippen LogP contribution in [0.1, 0.15) is 12.0 Å². The quantitative estimate of drug-likeness (QED) is 0.871. The lowest BCUT2D eigenvalue weighted by atomic mass is 9.97. The third kappa shape index (κ3) is 2.69. The highest BCUT2D eigenvalue weighted by atomic mass is 19.1. The molecule has 0 amide bonds. The normalized spacial score (nSPS) is 19.4. The van der Waals surface area contributed by atoms with E-state index in [4.69, 9.17) is 9.47 Å². The minimum Gasteiger partial charge on any atom is -0.496 e. The zero-order valence-electron chi connectivity index (χ0n) is 10.3. The number of hydrogen-bond acceptors (Lipinski definition) is 3. The molecule has 1 unspecified atom stereocenters. The van der Waals surface area contributed by atoms with E-state index in [0.29, 0.717) is 11.7 Å². The second-order valence-electron chi connectivity index (χ2n) is 4.36. The summed E-state index contributed by atoms with van der Waals surface area (Å²) in [6, 6.07) is 3.14. The van der Waals surface area contributed by atoms with Gasteiger partial charge in [-0.2, -0.15) is 0 Å². The molecule has 1 aromatic rings. The predicted octanol–water partition coefficient (Wildman–Crippen LogP) is 1.99. The van der Waals surface area contributed by atoms with Gasteiger partial charge in [0, 0.05) is 6.07 Å². The Hall–Kier alpha value is -1.29. The van der Waals surface area contributed by atoms with Gasteiger partial charge in [-0.1, -0.05) is 0 Å². The van der Waals surface area contributed by atoms with Crippen LogP contribution in [0.25, 0.3) is 0 Å². The molecule has 94 valence electrons. The number of rotatable bonds is 4. The highest BCUT2D eigenvalue weighted by molar-refractivity contribution is 5.41. The number of methoxy groups -OCH3 is 2. The van der Waals surface area contributed by atoms with Crippen LogP contribution in [0, 0.1) is 11.7 Å². The second-order valence-corrected chi connectivity index (χ2v) is 4.36. The fraction of sp³-hybridized carbons (Fsp3) is 0.538. The van der Waals surface area contributed by atoms with E-state index < -0.39 is 0 Å². The first-order valence-corrected chi connectivity index (χ1v) is 5.85. The summed E-state index contributed by atoms with van der Waals surface area (Å²) in [4.78, 5) is 0. The Morgan fingerprint density at radius 1 is 1.29 bits per heavy atom. The smallest absolute Gasteiger partial charge is 0.168 e. The fourth-order valence-electron chi connectivity index (χ4n) is 2.28. The summed E-state index contributed by atoms with van der Waals surface area (Å²) in [5.41, 5.74) is 1.01. The first kappa shape index (κ1) is 12.2. The van der Waals surface area contributed by atoms with Gasteiger partial charge in [-0.25, -0.2) is 4.39 Å². The Morgan fingerprint density at radius 2 is 2.06 bits per heavy atom. The molecule has 1 aliphatic rings. The average molecular weight is 239 g/mol. The van der Waals surface area contributed by atoms with Crippen molar-refractivity contribution in [1.82, 2.24) is 5.32 Å². The Kier molecular flexibility index (Phi) is 3.84. The number of benzene rings is 1. The Bertz CT molecular complexity index is 389. The van der Waals surface area contributed by atoms with E-state index in [9.17, 15) is 4.39 Å². The molecule has 3 nitrogen and oxygen atoms in total. The van der Waals surface area contributed by atoms with Gasteiger partial charge in [0.05, 0.1) is 14.2 Å². The highest BCUT2D eigenvalue weighted by Gasteiger charge is 2.18. The lowest BCUT2D eigenvalue weighted by Crippen LogP contribution is -2.11. The molecule has 1 fully saturated rings. The van der Waals surface area contributed by atoms with Crippen LogP contribution in [0.15, 0.2) is 12.1 Å². The molecule has 1 atom stereocenters. The van der Waals surface area contributed by atoms with Crippen LogP contribution in [0.4, 0.5) is 4.39 Å². The summed E-state index contributed by atoms with van der Waals surface area (Å²) in [6.07, 6.45) is 2.05.